The minimum Gasteiger partial charge on any atom is -0.508 e. The van der Waals surface area contributed by atoms with Crippen molar-refractivity contribution in [2.45, 2.75) is 6.54 Å². The fourth-order valence-electron chi connectivity index (χ4n) is 3.73. The highest BCUT2D eigenvalue weighted by molar-refractivity contribution is 7.99. The van der Waals surface area contributed by atoms with E-state index in [9.17, 15) is 5.11 Å². The van der Waals surface area contributed by atoms with Crippen LogP contribution in [-0.4, -0.2) is 73.8 Å². The first kappa shape index (κ1) is 18.9. The molecule has 3 aromatic rings. The summed E-state index contributed by atoms with van der Waals surface area (Å²) in [6.07, 6.45) is 1.87. The van der Waals surface area contributed by atoms with Crippen LogP contribution in [0.3, 0.4) is 0 Å². The van der Waals surface area contributed by atoms with Crippen LogP contribution in [-0.2, 0) is 6.54 Å². The van der Waals surface area contributed by atoms with E-state index in [1.54, 1.807) is 12.1 Å². The molecule has 4 heterocycles. The lowest BCUT2D eigenvalue weighted by Gasteiger charge is -2.30. The monoisotopic (exact) mass is 428 g/mol. The zero-order chi connectivity index (χ0) is 19.6. The molecular weight excluding hydrogens is 404 g/mol. The zero-order valence-electron chi connectivity index (χ0n) is 16.2. The molecule has 0 spiro atoms. The van der Waals surface area contributed by atoms with Crippen LogP contribution >= 0.6 is 23.5 Å². The number of anilines is 2. The van der Waals surface area contributed by atoms with Crippen molar-refractivity contribution in [1.29, 1.82) is 0 Å². The summed E-state index contributed by atoms with van der Waals surface area (Å²) >= 11 is 3.98. The van der Waals surface area contributed by atoms with Gasteiger partial charge < -0.3 is 19.5 Å². The van der Waals surface area contributed by atoms with Crippen LogP contribution in [0.25, 0.3) is 11.2 Å². The average Bonchev–Trinajstić information content (AvgIpc) is 3.18. The fraction of sp³-hybridized carbons (Fsp3) is 0.450. The Balaban J connectivity index is 1.56. The molecule has 0 saturated carbocycles. The van der Waals surface area contributed by atoms with Crippen LogP contribution in [0.4, 0.5) is 11.8 Å². The maximum atomic E-state index is 9.56. The fourth-order valence-corrected chi connectivity index (χ4v) is 5.54. The van der Waals surface area contributed by atoms with Crippen molar-refractivity contribution >= 4 is 46.5 Å². The molecule has 1 aromatic carbocycles. The van der Waals surface area contributed by atoms with Crippen molar-refractivity contribution in [3.05, 3.63) is 36.2 Å². The number of nitrogens with zero attached hydrogens (tertiary/aromatic N) is 6. The maximum Gasteiger partial charge on any atom is 0.229 e. The summed E-state index contributed by atoms with van der Waals surface area (Å²) < 4.78 is 2.09. The molecule has 2 aliphatic heterocycles. The normalized spacial score (nSPS) is 17.8. The van der Waals surface area contributed by atoms with Gasteiger partial charge in [0, 0.05) is 49.2 Å². The van der Waals surface area contributed by atoms with Gasteiger partial charge in [0.15, 0.2) is 17.0 Å². The second-order valence-electron chi connectivity index (χ2n) is 7.26. The highest BCUT2D eigenvalue weighted by Crippen LogP contribution is 2.29. The number of phenols is 1. The van der Waals surface area contributed by atoms with Crippen molar-refractivity contribution in [2.24, 2.45) is 0 Å². The molecule has 9 heteroatoms. The predicted octanol–water partition coefficient (Wildman–Crippen LogP) is 2.69. The molecule has 1 N–H and O–H groups in total. The Morgan fingerprint density at radius 2 is 1.52 bits per heavy atom. The molecule has 0 aliphatic carbocycles. The zero-order valence-corrected chi connectivity index (χ0v) is 17.8. The number of aromatic hydroxyl groups is 1. The van der Waals surface area contributed by atoms with E-state index in [4.69, 9.17) is 15.0 Å². The van der Waals surface area contributed by atoms with Crippen molar-refractivity contribution < 1.29 is 5.11 Å². The van der Waals surface area contributed by atoms with Crippen LogP contribution in [0.5, 0.6) is 5.75 Å². The Kier molecular flexibility index (Phi) is 5.41. The molecule has 2 aliphatic rings. The minimum absolute atomic E-state index is 0.280. The quantitative estimate of drug-likeness (QED) is 0.680. The van der Waals surface area contributed by atoms with E-state index >= 15 is 0 Å². The number of thioether (sulfide) groups is 2. The lowest BCUT2D eigenvalue weighted by Crippen LogP contribution is -2.36. The molecule has 0 radical (unpaired) electrons. The Hall–Kier alpha value is -2.13. The SMILES string of the molecule is Oc1ccc(Cn2cnc3c(N4CCSCC4)nc(N4CCSCC4)nc32)cc1. The lowest BCUT2D eigenvalue weighted by atomic mass is 10.2. The summed E-state index contributed by atoms with van der Waals surface area (Å²) in [6, 6.07) is 7.32. The van der Waals surface area contributed by atoms with Gasteiger partial charge in [0.2, 0.25) is 5.95 Å². The summed E-state index contributed by atoms with van der Waals surface area (Å²) in [4.78, 5) is 19.3. The molecule has 0 unspecified atom stereocenters. The molecule has 0 amide bonds. The lowest BCUT2D eigenvalue weighted by molar-refractivity contribution is 0.475. The standard InChI is InChI=1S/C20H24N6OS2/c27-16-3-1-15(2-4-16)13-26-14-21-17-18(24-5-9-28-10-6-24)22-20(23-19(17)26)25-7-11-29-12-8-25/h1-4,14,27H,5-13H2. The number of hydrogen-bond acceptors (Lipinski definition) is 8. The molecule has 29 heavy (non-hydrogen) atoms. The second-order valence-corrected chi connectivity index (χ2v) is 9.71. The summed E-state index contributed by atoms with van der Waals surface area (Å²) in [6.45, 7) is 4.63. The van der Waals surface area contributed by atoms with Gasteiger partial charge in [0.1, 0.15) is 5.75 Å². The third-order valence-electron chi connectivity index (χ3n) is 5.33. The van der Waals surface area contributed by atoms with Crippen LogP contribution < -0.4 is 9.80 Å². The van der Waals surface area contributed by atoms with Crippen LogP contribution in [0, 0.1) is 0 Å². The van der Waals surface area contributed by atoms with E-state index < -0.39 is 0 Å². The van der Waals surface area contributed by atoms with Crippen molar-refractivity contribution in [1.82, 2.24) is 19.5 Å². The Morgan fingerprint density at radius 1 is 0.862 bits per heavy atom. The van der Waals surface area contributed by atoms with Crippen LogP contribution in [0.1, 0.15) is 5.56 Å². The minimum atomic E-state index is 0.280. The average molecular weight is 429 g/mol. The van der Waals surface area contributed by atoms with Gasteiger partial charge in [-0.3, -0.25) is 0 Å². The van der Waals surface area contributed by atoms with Gasteiger partial charge in [-0.1, -0.05) is 12.1 Å². The summed E-state index contributed by atoms with van der Waals surface area (Å²) in [5.74, 6) is 6.53. The number of rotatable bonds is 4. The Morgan fingerprint density at radius 3 is 2.21 bits per heavy atom. The highest BCUT2D eigenvalue weighted by Gasteiger charge is 2.23. The number of imidazole rings is 1. The van der Waals surface area contributed by atoms with Gasteiger partial charge in [0.05, 0.1) is 12.9 Å². The first-order valence-corrected chi connectivity index (χ1v) is 12.2. The third kappa shape index (κ3) is 3.98. The maximum absolute atomic E-state index is 9.56. The summed E-state index contributed by atoms with van der Waals surface area (Å²) in [5.41, 5.74) is 2.87. The van der Waals surface area contributed by atoms with Crippen molar-refractivity contribution in [2.75, 3.05) is 59.0 Å². The highest BCUT2D eigenvalue weighted by atomic mass is 32.2. The number of fused-ring (bicyclic) bond motifs is 1. The molecule has 0 bridgehead atoms. The summed E-state index contributed by atoms with van der Waals surface area (Å²) in [7, 11) is 0. The van der Waals surface area contributed by atoms with E-state index in [-0.39, 0.29) is 5.75 Å². The van der Waals surface area contributed by atoms with E-state index in [0.29, 0.717) is 6.54 Å². The predicted molar refractivity (Wildman–Crippen MR) is 122 cm³/mol. The Labute approximate surface area is 178 Å². The molecule has 2 saturated heterocycles. The van der Waals surface area contributed by atoms with Gasteiger partial charge in [-0.15, -0.1) is 0 Å². The van der Waals surface area contributed by atoms with Crippen LogP contribution in [0.15, 0.2) is 30.6 Å². The first-order chi connectivity index (χ1) is 14.3. The first-order valence-electron chi connectivity index (χ1n) is 9.94. The Bertz CT molecular complexity index is 981. The van der Waals surface area contributed by atoms with Gasteiger partial charge >= 0.3 is 0 Å². The molecule has 7 nitrogen and oxygen atoms in total. The van der Waals surface area contributed by atoms with E-state index in [0.717, 1.165) is 77.7 Å². The van der Waals surface area contributed by atoms with Gasteiger partial charge in [0.25, 0.3) is 0 Å². The third-order valence-corrected chi connectivity index (χ3v) is 7.21. The van der Waals surface area contributed by atoms with Crippen molar-refractivity contribution in [3.8, 4) is 5.75 Å². The molecule has 152 valence electrons. The van der Waals surface area contributed by atoms with Gasteiger partial charge in [-0.25, -0.2) is 4.98 Å². The smallest absolute Gasteiger partial charge is 0.229 e. The van der Waals surface area contributed by atoms with E-state index in [1.807, 2.05) is 42.0 Å². The van der Waals surface area contributed by atoms with Crippen molar-refractivity contribution in [3.63, 3.8) is 0 Å². The van der Waals surface area contributed by atoms with E-state index in [1.165, 1.54) is 0 Å². The number of phenolic OH excluding ortho intramolecular Hbond substituents is 1. The van der Waals surface area contributed by atoms with E-state index in [2.05, 4.69) is 14.4 Å². The molecule has 2 aromatic heterocycles. The topological polar surface area (TPSA) is 70.3 Å². The second kappa shape index (κ2) is 8.31. The number of aromatic nitrogens is 4. The molecule has 0 atom stereocenters. The van der Waals surface area contributed by atoms with Gasteiger partial charge in [-0.2, -0.15) is 33.5 Å². The summed E-state index contributed by atoms with van der Waals surface area (Å²) in [5, 5.41) is 9.56. The largest absolute Gasteiger partial charge is 0.508 e. The van der Waals surface area contributed by atoms with Gasteiger partial charge in [-0.05, 0) is 17.7 Å². The van der Waals surface area contributed by atoms with Crippen LogP contribution in [0.2, 0.25) is 0 Å². The number of hydrogen-bond donors (Lipinski definition) is 1. The molecule has 2 fully saturated rings. The molecular formula is C20H24N6OS2. The number of benzene rings is 1. The molecule has 5 rings (SSSR count).